The van der Waals surface area contributed by atoms with E-state index in [0.717, 1.165) is 36.0 Å². The largest absolute Gasteiger partial charge is 0.480 e. The lowest BCUT2D eigenvalue weighted by molar-refractivity contribution is -0.140. The van der Waals surface area contributed by atoms with E-state index < -0.39 is 18.1 Å². The lowest BCUT2D eigenvalue weighted by atomic mass is 9.73. The summed E-state index contributed by atoms with van der Waals surface area (Å²) in [6.45, 7) is 6.11. The number of aromatic nitrogens is 1. The molecule has 164 valence electrons. The molecule has 2 bridgehead atoms. The van der Waals surface area contributed by atoms with Gasteiger partial charge in [-0.1, -0.05) is 24.3 Å². The third-order valence-electron chi connectivity index (χ3n) is 6.81. The van der Waals surface area contributed by atoms with E-state index in [4.69, 9.17) is 5.11 Å². The van der Waals surface area contributed by atoms with Crippen molar-refractivity contribution in [2.45, 2.75) is 43.9 Å². The van der Waals surface area contributed by atoms with Crippen molar-refractivity contribution in [3.8, 4) is 0 Å². The zero-order chi connectivity index (χ0) is 22.0. The summed E-state index contributed by atoms with van der Waals surface area (Å²) in [4.78, 5) is 27.4. The highest BCUT2D eigenvalue weighted by atomic mass is 16.4. The second-order valence-electron chi connectivity index (χ2n) is 8.61. The topological polar surface area (TPSA) is 103 Å². The molecule has 0 aliphatic carbocycles. The molecule has 0 saturated carbocycles. The Balaban J connectivity index is 0.000000217. The number of carbonyl (C=O) groups is 2. The van der Waals surface area contributed by atoms with Gasteiger partial charge in [-0.25, -0.2) is 4.79 Å². The SMILES string of the molecule is C=CC1CN2CCC1CC2[C@@H](O)c1ccnc2ccccc12.O=C1CC[C@@H](C(=O)O)N1. The lowest BCUT2D eigenvalue weighted by Crippen LogP contribution is -2.54. The van der Waals surface area contributed by atoms with E-state index in [1.807, 2.05) is 30.5 Å². The average molecular weight is 424 g/mol. The normalized spacial score (nSPS) is 30.2. The summed E-state index contributed by atoms with van der Waals surface area (Å²) < 4.78 is 0. The van der Waals surface area contributed by atoms with Crippen molar-refractivity contribution in [1.29, 1.82) is 0 Å². The second-order valence-corrected chi connectivity index (χ2v) is 8.61. The molecule has 1 amide bonds. The van der Waals surface area contributed by atoms with Gasteiger partial charge in [0.2, 0.25) is 5.91 Å². The molecule has 7 heteroatoms. The maximum Gasteiger partial charge on any atom is 0.326 e. The van der Waals surface area contributed by atoms with Crippen LogP contribution in [0.3, 0.4) is 0 Å². The van der Waals surface area contributed by atoms with Crippen molar-refractivity contribution in [2.24, 2.45) is 11.8 Å². The number of hydrogen-bond donors (Lipinski definition) is 3. The molecule has 5 heterocycles. The monoisotopic (exact) mass is 423 g/mol. The van der Waals surface area contributed by atoms with Gasteiger partial charge in [-0.15, -0.1) is 6.58 Å². The standard InChI is InChI=1S/C19H22N2O.C5H7NO3/c1-2-13-12-21-10-8-14(13)11-18(21)19(22)16-7-9-20-17-6-4-3-5-15(16)17;7-4-2-1-3(6-4)5(8)9/h2-7,9,13-14,18-19,22H,1,8,10-12H2;3H,1-2H2,(H,6,7)(H,8,9)/t13?,14?,18?,19-;3-/m00/s1. The summed E-state index contributed by atoms with van der Waals surface area (Å²) >= 11 is 0. The molecule has 7 nitrogen and oxygen atoms in total. The van der Waals surface area contributed by atoms with Gasteiger partial charge in [-0.3, -0.25) is 14.7 Å². The molecule has 4 aliphatic rings. The number of benzene rings is 1. The number of aliphatic hydroxyl groups is 1. The molecule has 2 aromatic rings. The average Bonchev–Trinajstić information content (AvgIpc) is 3.25. The number of piperidine rings is 3. The molecule has 6 atom stereocenters. The number of carbonyl (C=O) groups excluding carboxylic acids is 1. The van der Waals surface area contributed by atoms with Crippen molar-refractivity contribution >= 4 is 22.8 Å². The van der Waals surface area contributed by atoms with Gasteiger partial charge < -0.3 is 15.5 Å². The fourth-order valence-electron chi connectivity index (χ4n) is 5.09. The fraction of sp³-hybridized carbons (Fsp3) is 0.458. The fourth-order valence-corrected chi connectivity index (χ4v) is 5.09. The first kappa shape index (κ1) is 21.5. The molecular weight excluding hydrogens is 394 g/mol. The number of pyridine rings is 1. The summed E-state index contributed by atoms with van der Waals surface area (Å²) in [5, 5.41) is 22.7. The van der Waals surface area contributed by atoms with Crippen LogP contribution >= 0.6 is 0 Å². The van der Waals surface area contributed by atoms with Crippen LogP contribution in [-0.2, 0) is 9.59 Å². The Hall–Kier alpha value is -2.77. The first-order valence-electron chi connectivity index (χ1n) is 10.9. The minimum Gasteiger partial charge on any atom is -0.480 e. The van der Waals surface area contributed by atoms with E-state index in [-0.39, 0.29) is 11.9 Å². The van der Waals surface area contributed by atoms with Gasteiger partial charge in [-0.2, -0.15) is 0 Å². The van der Waals surface area contributed by atoms with Crippen LogP contribution in [-0.4, -0.2) is 57.1 Å². The third kappa shape index (κ3) is 4.48. The van der Waals surface area contributed by atoms with Crippen LogP contribution < -0.4 is 5.32 Å². The lowest BCUT2D eigenvalue weighted by Gasteiger charge is -2.50. The van der Waals surface area contributed by atoms with Gasteiger partial charge in [0.05, 0.1) is 11.6 Å². The summed E-state index contributed by atoms with van der Waals surface area (Å²) in [7, 11) is 0. The Morgan fingerprint density at radius 1 is 1.29 bits per heavy atom. The number of carboxylic acid groups (broad SMARTS) is 1. The number of fused-ring (bicyclic) bond motifs is 4. The summed E-state index contributed by atoms with van der Waals surface area (Å²) in [5.41, 5.74) is 1.97. The van der Waals surface area contributed by atoms with Gasteiger partial charge in [0, 0.05) is 30.6 Å². The Labute approximate surface area is 181 Å². The number of nitrogens with one attached hydrogen (secondary N) is 1. The highest BCUT2D eigenvalue weighted by molar-refractivity contribution is 5.87. The van der Waals surface area contributed by atoms with E-state index in [1.54, 1.807) is 0 Å². The molecule has 4 fully saturated rings. The highest BCUT2D eigenvalue weighted by Gasteiger charge is 2.42. The predicted molar refractivity (Wildman–Crippen MR) is 117 cm³/mol. The molecule has 6 rings (SSSR count). The third-order valence-corrected chi connectivity index (χ3v) is 6.81. The number of aliphatic hydroxyl groups excluding tert-OH is 1. The minimum absolute atomic E-state index is 0.164. The summed E-state index contributed by atoms with van der Waals surface area (Å²) in [6.07, 6.45) is 6.53. The van der Waals surface area contributed by atoms with E-state index in [1.165, 1.54) is 6.42 Å². The maximum atomic E-state index is 11.0. The predicted octanol–water partition coefficient (Wildman–Crippen LogP) is 2.51. The zero-order valence-corrected chi connectivity index (χ0v) is 17.5. The number of nitrogens with zero attached hydrogens (tertiary/aromatic N) is 2. The van der Waals surface area contributed by atoms with Crippen LogP contribution in [0.5, 0.6) is 0 Å². The van der Waals surface area contributed by atoms with Gasteiger partial charge >= 0.3 is 5.97 Å². The zero-order valence-electron chi connectivity index (χ0n) is 17.5. The maximum absolute atomic E-state index is 11.0. The van der Waals surface area contributed by atoms with Gasteiger partial charge in [-0.05, 0) is 55.3 Å². The van der Waals surface area contributed by atoms with Crippen LogP contribution in [0.4, 0.5) is 0 Å². The molecule has 0 radical (unpaired) electrons. The number of carboxylic acids is 1. The smallest absolute Gasteiger partial charge is 0.326 e. The quantitative estimate of drug-likeness (QED) is 0.653. The van der Waals surface area contributed by atoms with Crippen LogP contribution in [0.15, 0.2) is 49.2 Å². The van der Waals surface area contributed by atoms with Crippen LogP contribution in [0.2, 0.25) is 0 Å². The van der Waals surface area contributed by atoms with Gasteiger partial charge in [0.1, 0.15) is 6.04 Å². The molecule has 0 spiro atoms. The molecule has 4 aliphatic heterocycles. The summed E-state index contributed by atoms with van der Waals surface area (Å²) in [5.74, 6) is 0.157. The van der Waals surface area contributed by atoms with E-state index in [0.29, 0.717) is 24.7 Å². The van der Waals surface area contributed by atoms with Crippen molar-refractivity contribution < 1.29 is 19.8 Å². The van der Waals surface area contributed by atoms with Crippen molar-refractivity contribution in [2.75, 3.05) is 13.1 Å². The van der Waals surface area contributed by atoms with Gasteiger partial charge in [0.15, 0.2) is 0 Å². The Morgan fingerprint density at radius 3 is 2.71 bits per heavy atom. The van der Waals surface area contributed by atoms with E-state index >= 15 is 0 Å². The van der Waals surface area contributed by atoms with Crippen LogP contribution in [0.1, 0.15) is 37.4 Å². The van der Waals surface area contributed by atoms with E-state index in [9.17, 15) is 14.7 Å². The summed E-state index contributed by atoms with van der Waals surface area (Å²) in [6, 6.07) is 9.63. The minimum atomic E-state index is -0.944. The molecule has 31 heavy (non-hydrogen) atoms. The van der Waals surface area contributed by atoms with Crippen LogP contribution in [0, 0.1) is 11.8 Å². The number of aliphatic carboxylic acids is 1. The number of para-hydroxylation sites is 1. The Morgan fingerprint density at radius 2 is 2.10 bits per heavy atom. The molecule has 3 N–H and O–H groups in total. The van der Waals surface area contributed by atoms with E-state index in [2.05, 4.69) is 33.9 Å². The molecule has 1 aromatic carbocycles. The van der Waals surface area contributed by atoms with Crippen molar-refractivity contribution in [1.82, 2.24) is 15.2 Å². The Bertz CT molecular complexity index is 973. The van der Waals surface area contributed by atoms with Crippen molar-refractivity contribution in [3.63, 3.8) is 0 Å². The Kier molecular flexibility index (Phi) is 6.34. The number of rotatable bonds is 4. The van der Waals surface area contributed by atoms with Crippen LogP contribution in [0.25, 0.3) is 10.9 Å². The molecule has 4 unspecified atom stereocenters. The number of amides is 1. The molecule has 4 saturated heterocycles. The van der Waals surface area contributed by atoms with Crippen molar-refractivity contribution in [3.05, 3.63) is 54.7 Å². The first-order chi connectivity index (χ1) is 15.0. The highest BCUT2D eigenvalue weighted by Crippen LogP contribution is 2.41. The number of hydrogen-bond acceptors (Lipinski definition) is 5. The second kappa shape index (κ2) is 9.16. The molecular formula is C24H29N3O4. The molecule has 1 aromatic heterocycles. The first-order valence-corrected chi connectivity index (χ1v) is 10.9. The van der Waals surface area contributed by atoms with Gasteiger partial charge in [0.25, 0.3) is 0 Å².